The van der Waals surface area contributed by atoms with Crippen molar-refractivity contribution in [1.82, 2.24) is 9.03 Å². The largest absolute Gasteiger partial charge is 0.512 e. The van der Waals surface area contributed by atoms with Gasteiger partial charge in [-0.15, -0.1) is 0 Å². The number of rotatable bonds is 8. The minimum Gasteiger partial charge on any atom is -0.313 e. The fraction of sp³-hybridized carbons (Fsp3) is 1.00. The van der Waals surface area contributed by atoms with Crippen LogP contribution in [-0.4, -0.2) is 65.9 Å². The first-order valence-corrected chi connectivity index (χ1v) is 8.23. The van der Waals surface area contributed by atoms with Gasteiger partial charge in [-0.1, -0.05) is 4.13 Å². The van der Waals surface area contributed by atoms with Crippen LogP contribution in [0.1, 0.15) is 0 Å². The van der Waals surface area contributed by atoms with Gasteiger partial charge in [-0.2, -0.15) is 30.7 Å². The first-order chi connectivity index (χ1) is 9.87. The van der Waals surface area contributed by atoms with E-state index in [1.807, 2.05) is 0 Å². The van der Waals surface area contributed by atoms with Gasteiger partial charge in [0.25, 0.3) is 10.0 Å². The van der Waals surface area contributed by atoms with E-state index >= 15 is 0 Å². The van der Waals surface area contributed by atoms with Gasteiger partial charge in [0, 0.05) is 6.54 Å². The molecule has 23 heavy (non-hydrogen) atoms. The molecule has 0 radical (unpaired) electrons. The summed E-state index contributed by atoms with van der Waals surface area (Å²) in [6.45, 7) is -1.48. The lowest BCUT2D eigenvalue weighted by Crippen LogP contribution is -2.56. The third kappa shape index (κ3) is 5.13. The maximum atomic E-state index is 13.3. The van der Waals surface area contributed by atoms with Crippen molar-refractivity contribution in [3.05, 3.63) is 0 Å². The summed E-state index contributed by atoms with van der Waals surface area (Å²) in [5.41, 5.74) is -6.31. The van der Waals surface area contributed by atoms with Gasteiger partial charge >= 0.3 is 26.9 Å². The molecule has 0 rings (SSSR count). The summed E-state index contributed by atoms with van der Waals surface area (Å²) in [6.07, 6.45) is -5.78. The molecule has 0 bridgehead atoms. The highest BCUT2D eigenvalue weighted by Gasteiger charge is 2.69. The zero-order valence-corrected chi connectivity index (χ0v) is 13.0. The van der Waals surface area contributed by atoms with Gasteiger partial charge in [-0.25, -0.2) is 16.8 Å². The quantitative estimate of drug-likeness (QED) is 0.598. The molecular weight excluding hydrogens is 389 g/mol. The van der Waals surface area contributed by atoms with Gasteiger partial charge < -0.3 is 9.64 Å². The molecule has 1 N–H and O–H groups in total. The van der Waals surface area contributed by atoms with E-state index in [4.69, 9.17) is 0 Å². The Balaban J connectivity index is 5.46. The average Bonchev–Trinajstić information content (AvgIpc) is 2.24. The molecule has 0 aliphatic carbocycles. The minimum absolute atomic E-state index is 0.361. The lowest BCUT2D eigenvalue weighted by molar-refractivity contribution is -0.317. The van der Waals surface area contributed by atoms with Crippen molar-refractivity contribution in [3.63, 3.8) is 0 Å². The SMILES string of the molecule is CN(C)CCOC(F)(F)C(F)(F)S(=O)(=O)NS(=O)(=O)C(F)(F)F. The van der Waals surface area contributed by atoms with Crippen molar-refractivity contribution in [2.45, 2.75) is 16.9 Å². The fourth-order valence-corrected chi connectivity index (χ4v) is 3.16. The van der Waals surface area contributed by atoms with E-state index in [-0.39, 0.29) is 6.54 Å². The van der Waals surface area contributed by atoms with E-state index in [9.17, 15) is 47.6 Å². The summed E-state index contributed by atoms with van der Waals surface area (Å²) < 4.78 is 134. The van der Waals surface area contributed by atoms with Gasteiger partial charge in [0.2, 0.25) is 0 Å². The van der Waals surface area contributed by atoms with Crippen LogP contribution in [0, 0.1) is 0 Å². The number of halogens is 7. The van der Waals surface area contributed by atoms with Crippen LogP contribution in [0.5, 0.6) is 0 Å². The average molecular weight is 400 g/mol. The molecule has 0 saturated heterocycles. The molecule has 0 aliphatic rings. The summed E-state index contributed by atoms with van der Waals surface area (Å²) in [5, 5.41) is -6.29. The van der Waals surface area contributed by atoms with Crippen LogP contribution in [0.25, 0.3) is 0 Å². The zero-order valence-electron chi connectivity index (χ0n) is 11.4. The molecule has 0 spiro atoms. The molecule has 0 aromatic carbocycles. The standard InChI is InChI=1S/C7H11F7N2O5S2/c1-16(2)3-4-21-5(8,9)6(10,11)22(17,18)15-23(19,20)7(12,13)14/h15H,3-4H2,1-2H3. The maximum Gasteiger partial charge on any atom is 0.512 e. The van der Waals surface area contributed by atoms with E-state index in [0.717, 1.165) is 0 Å². The molecule has 7 nitrogen and oxygen atoms in total. The summed E-state index contributed by atoms with van der Waals surface area (Å²) in [5.74, 6) is 0. The van der Waals surface area contributed by atoms with Crippen LogP contribution in [0.4, 0.5) is 30.7 Å². The Morgan fingerprint density at radius 3 is 1.70 bits per heavy atom. The Bertz CT molecular complexity index is 614. The smallest absolute Gasteiger partial charge is 0.313 e. The molecule has 0 fully saturated rings. The topological polar surface area (TPSA) is 92.8 Å². The van der Waals surface area contributed by atoms with Crippen LogP contribution in [0.15, 0.2) is 0 Å². The van der Waals surface area contributed by atoms with Gasteiger partial charge in [0.05, 0.1) is 6.61 Å². The summed E-state index contributed by atoms with van der Waals surface area (Å²) >= 11 is 0. The second-order valence-electron chi connectivity index (χ2n) is 4.22. The highest BCUT2D eigenvalue weighted by atomic mass is 32.3. The zero-order chi connectivity index (χ0) is 18.9. The predicted octanol–water partition coefficient (Wildman–Crippen LogP) is 0.519. The predicted molar refractivity (Wildman–Crippen MR) is 61.4 cm³/mol. The molecule has 0 amide bonds. The number of ether oxygens (including phenoxy) is 1. The molecule has 0 unspecified atom stereocenters. The first-order valence-electron chi connectivity index (χ1n) is 5.26. The number of likely N-dealkylation sites (N-methyl/N-ethyl adjacent to an activating group) is 1. The molecule has 0 aromatic rings. The molecule has 0 aliphatic heterocycles. The summed E-state index contributed by atoms with van der Waals surface area (Å²) in [7, 11) is -11.2. The summed E-state index contributed by atoms with van der Waals surface area (Å²) in [6, 6.07) is 0. The van der Waals surface area contributed by atoms with Crippen LogP contribution in [-0.2, 0) is 24.8 Å². The first kappa shape index (κ1) is 22.3. The highest BCUT2D eigenvalue weighted by Crippen LogP contribution is 2.40. The van der Waals surface area contributed by atoms with Crippen molar-refractivity contribution >= 4 is 20.0 Å². The molecule has 16 heteroatoms. The Labute approximate surface area is 126 Å². The monoisotopic (exact) mass is 400 g/mol. The van der Waals surface area contributed by atoms with Crippen molar-refractivity contribution < 1.29 is 52.3 Å². The number of nitrogens with one attached hydrogen (secondary N) is 1. The van der Waals surface area contributed by atoms with E-state index in [2.05, 4.69) is 4.74 Å². The van der Waals surface area contributed by atoms with Gasteiger partial charge in [0.15, 0.2) is 0 Å². The van der Waals surface area contributed by atoms with Gasteiger partial charge in [-0.05, 0) is 14.1 Å². The number of hydrogen-bond donors (Lipinski definition) is 1. The molecule has 0 aromatic heterocycles. The number of hydrogen-bond acceptors (Lipinski definition) is 6. The summed E-state index contributed by atoms with van der Waals surface area (Å²) in [4.78, 5) is 1.19. The van der Waals surface area contributed by atoms with E-state index < -0.39 is 47.7 Å². The van der Waals surface area contributed by atoms with Crippen molar-refractivity contribution in [2.75, 3.05) is 27.2 Å². The molecule has 140 valence electrons. The Kier molecular flexibility index (Phi) is 6.45. The van der Waals surface area contributed by atoms with Gasteiger partial charge in [-0.3, -0.25) is 0 Å². The second kappa shape index (κ2) is 6.66. The van der Waals surface area contributed by atoms with Crippen molar-refractivity contribution in [3.8, 4) is 0 Å². The Hall–Kier alpha value is -0.710. The van der Waals surface area contributed by atoms with Crippen molar-refractivity contribution in [1.29, 1.82) is 0 Å². The maximum absolute atomic E-state index is 13.3. The van der Waals surface area contributed by atoms with Gasteiger partial charge in [0.1, 0.15) is 0 Å². The third-order valence-corrected chi connectivity index (χ3v) is 5.30. The minimum atomic E-state index is -6.99. The number of sulfonamides is 2. The third-order valence-electron chi connectivity index (χ3n) is 2.02. The Morgan fingerprint density at radius 2 is 1.35 bits per heavy atom. The second-order valence-corrected chi connectivity index (χ2v) is 7.88. The molecule has 0 heterocycles. The molecular formula is C7H11F7N2O5S2. The van der Waals surface area contributed by atoms with Crippen LogP contribution in [0.2, 0.25) is 0 Å². The van der Waals surface area contributed by atoms with Crippen molar-refractivity contribution in [2.24, 2.45) is 0 Å². The number of alkyl halides is 7. The Morgan fingerprint density at radius 1 is 0.913 bits per heavy atom. The van der Waals surface area contributed by atoms with Crippen LogP contribution in [0.3, 0.4) is 0 Å². The fourth-order valence-electron chi connectivity index (χ4n) is 0.841. The lowest BCUT2D eigenvalue weighted by Gasteiger charge is -2.26. The number of nitrogens with zero attached hydrogens (tertiary/aromatic N) is 1. The van der Waals surface area contributed by atoms with Crippen LogP contribution < -0.4 is 4.13 Å². The highest BCUT2D eigenvalue weighted by molar-refractivity contribution is 8.05. The lowest BCUT2D eigenvalue weighted by atomic mass is 10.6. The van der Waals surface area contributed by atoms with E-state index in [1.165, 1.54) is 19.0 Å². The van der Waals surface area contributed by atoms with Crippen LogP contribution >= 0.6 is 0 Å². The van der Waals surface area contributed by atoms with E-state index in [0.29, 0.717) is 0 Å². The molecule has 0 atom stereocenters. The van der Waals surface area contributed by atoms with E-state index in [1.54, 1.807) is 0 Å². The normalized spacial score (nSPS) is 15.2. The molecule has 0 saturated carbocycles.